The van der Waals surface area contributed by atoms with Gasteiger partial charge in [-0.25, -0.2) is 4.79 Å². The lowest BCUT2D eigenvalue weighted by molar-refractivity contribution is 0.177. The molecule has 0 aliphatic carbocycles. The van der Waals surface area contributed by atoms with E-state index < -0.39 is 0 Å². The van der Waals surface area contributed by atoms with Gasteiger partial charge in [0.15, 0.2) is 0 Å². The van der Waals surface area contributed by atoms with Crippen LogP contribution in [0.1, 0.15) is 30.3 Å². The van der Waals surface area contributed by atoms with Crippen molar-refractivity contribution in [2.75, 3.05) is 33.2 Å². The van der Waals surface area contributed by atoms with Gasteiger partial charge in [0.1, 0.15) is 11.5 Å². The first-order chi connectivity index (χ1) is 10.7. The highest BCUT2D eigenvalue weighted by Crippen LogP contribution is 2.37. The van der Waals surface area contributed by atoms with Crippen molar-refractivity contribution in [3.8, 4) is 0 Å². The second-order valence-corrected chi connectivity index (χ2v) is 6.57. The zero-order chi connectivity index (χ0) is 15.1. The number of aromatic nitrogens is 1. The van der Waals surface area contributed by atoms with Gasteiger partial charge in [0.2, 0.25) is 0 Å². The van der Waals surface area contributed by atoms with Crippen molar-refractivity contribution in [3.05, 3.63) is 17.5 Å². The largest absolute Gasteiger partial charge is 0.361 e. The summed E-state index contributed by atoms with van der Waals surface area (Å²) in [5, 5.41) is 10.9. The number of hydrogen-bond acceptors (Lipinski definition) is 5. The number of carbonyl (C=O) groups excluding carboxylic acids is 1. The average Bonchev–Trinajstić information content (AvgIpc) is 3.03. The monoisotopic (exact) mass is 305 g/mol. The van der Waals surface area contributed by atoms with Gasteiger partial charge in [0, 0.05) is 51.8 Å². The van der Waals surface area contributed by atoms with E-state index in [-0.39, 0.29) is 12.1 Å². The summed E-state index contributed by atoms with van der Waals surface area (Å²) in [5.74, 6) is 0.900. The number of piperidine rings is 1. The fourth-order valence-corrected chi connectivity index (χ4v) is 3.58. The van der Waals surface area contributed by atoms with Gasteiger partial charge >= 0.3 is 6.03 Å². The van der Waals surface area contributed by atoms with Gasteiger partial charge in [-0.2, -0.15) is 0 Å². The molecule has 4 heterocycles. The Morgan fingerprint density at radius 2 is 2.32 bits per heavy atom. The summed E-state index contributed by atoms with van der Waals surface area (Å²) in [6.45, 7) is 3.82. The van der Waals surface area contributed by atoms with Crippen LogP contribution < -0.4 is 10.6 Å². The van der Waals surface area contributed by atoms with E-state index in [4.69, 9.17) is 4.52 Å². The van der Waals surface area contributed by atoms with Crippen LogP contribution in [0.5, 0.6) is 0 Å². The molecule has 22 heavy (non-hydrogen) atoms. The quantitative estimate of drug-likeness (QED) is 0.821. The molecule has 1 aromatic rings. The minimum absolute atomic E-state index is 0.0787. The van der Waals surface area contributed by atoms with Crippen LogP contribution in [-0.4, -0.2) is 66.3 Å². The van der Waals surface area contributed by atoms with Crippen LogP contribution in [0.2, 0.25) is 0 Å². The minimum atomic E-state index is 0.0787. The Bertz CT molecular complexity index is 556. The molecule has 3 fully saturated rings. The molecule has 1 aromatic heterocycles. The Morgan fingerprint density at radius 1 is 1.45 bits per heavy atom. The lowest BCUT2D eigenvalue weighted by atomic mass is 9.98. The first-order valence-corrected chi connectivity index (χ1v) is 8.15. The number of nitrogens with one attached hydrogen (secondary N) is 2. The predicted octanol–water partition coefficient (Wildman–Crippen LogP) is 0.349. The molecule has 0 spiro atoms. The van der Waals surface area contributed by atoms with Gasteiger partial charge in [-0.15, -0.1) is 0 Å². The SMILES string of the molecule is CN1C(=O)N2C[C@H]1CC[C@H]2c1cc(CCNC2CNC2)on1. The second-order valence-electron chi connectivity index (χ2n) is 6.57. The van der Waals surface area contributed by atoms with E-state index in [2.05, 4.69) is 15.8 Å². The van der Waals surface area contributed by atoms with Gasteiger partial charge in [-0.3, -0.25) is 0 Å². The van der Waals surface area contributed by atoms with E-state index >= 15 is 0 Å². The number of hydrogen-bond donors (Lipinski definition) is 2. The molecular formula is C15H23N5O2. The third kappa shape index (κ3) is 2.38. The summed E-state index contributed by atoms with van der Waals surface area (Å²) in [4.78, 5) is 16.0. The predicted molar refractivity (Wildman–Crippen MR) is 80.5 cm³/mol. The fraction of sp³-hybridized carbons (Fsp3) is 0.733. The Labute approximate surface area is 130 Å². The third-order valence-corrected chi connectivity index (χ3v) is 5.16. The van der Waals surface area contributed by atoms with Gasteiger partial charge < -0.3 is 25.0 Å². The van der Waals surface area contributed by atoms with Gasteiger partial charge in [-0.05, 0) is 12.8 Å². The van der Waals surface area contributed by atoms with Gasteiger partial charge in [-0.1, -0.05) is 5.16 Å². The molecular weight excluding hydrogens is 282 g/mol. The number of rotatable bonds is 5. The van der Waals surface area contributed by atoms with Gasteiger partial charge in [0.25, 0.3) is 0 Å². The maximum Gasteiger partial charge on any atom is 0.320 e. The highest BCUT2D eigenvalue weighted by molar-refractivity contribution is 5.77. The summed E-state index contributed by atoms with van der Waals surface area (Å²) in [7, 11) is 1.89. The van der Waals surface area contributed by atoms with Crippen molar-refractivity contribution < 1.29 is 9.32 Å². The molecule has 2 atom stereocenters. The first kappa shape index (κ1) is 14.0. The topological polar surface area (TPSA) is 73.6 Å². The number of amides is 2. The smallest absolute Gasteiger partial charge is 0.320 e. The van der Waals surface area contributed by atoms with Crippen LogP contribution in [0.3, 0.4) is 0 Å². The van der Waals surface area contributed by atoms with Crippen LogP contribution >= 0.6 is 0 Å². The van der Waals surface area contributed by atoms with E-state index in [0.29, 0.717) is 12.1 Å². The molecule has 3 saturated heterocycles. The third-order valence-electron chi connectivity index (χ3n) is 5.16. The molecule has 0 saturated carbocycles. The Morgan fingerprint density at radius 3 is 3.09 bits per heavy atom. The van der Waals surface area contributed by atoms with Crippen LogP contribution in [0.4, 0.5) is 4.79 Å². The van der Waals surface area contributed by atoms with Crippen molar-refractivity contribution in [1.29, 1.82) is 0 Å². The number of likely N-dealkylation sites (N-methyl/N-ethyl adjacent to an activating group) is 1. The lowest BCUT2D eigenvalue weighted by Gasteiger charge is -2.28. The molecule has 2 amide bonds. The summed E-state index contributed by atoms with van der Waals surface area (Å²) >= 11 is 0. The van der Waals surface area contributed by atoms with Crippen LogP contribution in [0.15, 0.2) is 10.6 Å². The molecule has 0 aromatic carbocycles. The number of urea groups is 1. The van der Waals surface area contributed by atoms with E-state index in [1.54, 1.807) is 0 Å². The molecule has 4 rings (SSSR count). The molecule has 120 valence electrons. The van der Waals surface area contributed by atoms with Crippen molar-refractivity contribution in [3.63, 3.8) is 0 Å². The maximum atomic E-state index is 12.2. The van der Waals surface area contributed by atoms with Crippen molar-refractivity contribution in [2.24, 2.45) is 0 Å². The summed E-state index contributed by atoms with van der Waals surface area (Å²) < 4.78 is 5.46. The first-order valence-electron chi connectivity index (χ1n) is 8.15. The van der Waals surface area contributed by atoms with Crippen LogP contribution in [0, 0.1) is 0 Å². The molecule has 7 nitrogen and oxygen atoms in total. The average molecular weight is 305 g/mol. The fourth-order valence-electron chi connectivity index (χ4n) is 3.58. The van der Waals surface area contributed by atoms with Crippen molar-refractivity contribution in [1.82, 2.24) is 25.6 Å². The maximum absolute atomic E-state index is 12.2. The van der Waals surface area contributed by atoms with E-state index in [0.717, 1.165) is 56.9 Å². The van der Waals surface area contributed by atoms with E-state index in [9.17, 15) is 4.79 Å². The van der Waals surface area contributed by atoms with Crippen LogP contribution in [-0.2, 0) is 6.42 Å². The molecule has 2 bridgehead atoms. The van der Waals surface area contributed by atoms with E-state index in [1.807, 2.05) is 22.9 Å². The summed E-state index contributed by atoms with van der Waals surface area (Å²) in [6.07, 6.45) is 2.85. The molecule has 2 N–H and O–H groups in total. The normalized spacial score (nSPS) is 28.3. The zero-order valence-electron chi connectivity index (χ0n) is 12.9. The highest BCUT2D eigenvalue weighted by Gasteiger charge is 2.44. The lowest BCUT2D eigenvalue weighted by Crippen LogP contribution is -2.55. The van der Waals surface area contributed by atoms with Crippen LogP contribution in [0.25, 0.3) is 0 Å². The molecule has 7 heteroatoms. The summed E-state index contributed by atoms with van der Waals surface area (Å²) in [5.41, 5.74) is 0.905. The Hall–Kier alpha value is -1.60. The standard InChI is InChI=1S/C15H23N5O2/c1-19-11-2-3-14(20(9-11)15(19)21)13-6-12(22-18-13)4-5-17-10-7-16-8-10/h6,10-11,14,16-17H,2-5,7-9H2,1H3/t11-,14+/m1/s1. The number of nitrogens with zero attached hydrogens (tertiary/aromatic N) is 3. The minimum Gasteiger partial charge on any atom is -0.361 e. The van der Waals surface area contributed by atoms with Gasteiger partial charge in [0.05, 0.1) is 12.1 Å². The van der Waals surface area contributed by atoms with E-state index in [1.165, 1.54) is 0 Å². The molecule has 3 aliphatic heterocycles. The van der Waals surface area contributed by atoms with Crippen molar-refractivity contribution in [2.45, 2.75) is 37.4 Å². The summed E-state index contributed by atoms with van der Waals surface area (Å²) in [6, 6.07) is 3.19. The molecule has 0 unspecified atom stereocenters. The Balaban J connectivity index is 1.37. The Kier molecular flexibility index (Phi) is 3.54. The second kappa shape index (κ2) is 5.55. The highest BCUT2D eigenvalue weighted by atomic mass is 16.5. The number of carbonyl (C=O) groups is 1. The number of fused-ring (bicyclic) bond motifs is 2. The molecule has 3 aliphatic rings. The zero-order valence-corrected chi connectivity index (χ0v) is 12.9. The van der Waals surface area contributed by atoms with Crippen molar-refractivity contribution >= 4 is 6.03 Å². The molecule has 0 radical (unpaired) electrons.